The molecule has 1 fully saturated rings. The van der Waals surface area contributed by atoms with Gasteiger partial charge < -0.3 is 10.1 Å². The zero-order chi connectivity index (χ0) is 13.2. The van der Waals surface area contributed by atoms with Gasteiger partial charge in [-0.05, 0) is 11.6 Å². The molecule has 19 heavy (non-hydrogen) atoms. The molecular formula is C13H12N4O2. The van der Waals surface area contributed by atoms with Crippen LogP contribution in [0.1, 0.15) is 5.56 Å². The van der Waals surface area contributed by atoms with Gasteiger partial charge in [-0.1, -0.05) is 6.58 Å². The Morgan fingerprint density at radius 3 is 2.89 bits per heavy atom. The predicted octanol–water partition coefficient (Wildman–Crippen LogP) is 0.343. The summed E-state index contributed by atoms with van der Waals surface area (Å²) in [5, 5.41) is 2.67. The first-order valence-electron chi connectivity index (χ1n) is 5.84. The average Bonchev–Trinajstić information content (AvgIpc) is 2.89. The molecule has 3 heterocycles. The molecule has 1 unspecified atom stereocenters. The van der Waals surface area contributed by atoms with E-state index in [9.17, 15) is 4.79 Å². The zero-order valence-corrected chi connectivity index (χ0v) is 10.2. The first-order chi connectivity index (χ1) is 9.24. The molecule has 96 valence electrons. The Hall–Kier alpha value is -2.34. The minimum atomic E-state index is -0.660. The molecule has 0 saturated carbocycles. The van der Waals surface area contributed by atoms with Gasteiger partial charge in [0.2, 0.25) is 0 Å². The normalized spacial score (nSPS) is 22.8. The lowest BCUT2D eigenvalue weighted by Crippen LogP contribution is -2.46. The van der Waals surface area contributed by atoms with Gasteiger partial charge in [-0.15, -0.1) is 0 Å². The molecular weight excluding hydrogens is 244 g/mol. The Morgan fingerprint density at radius 1 is 1.37 bits per heavy atom. The fourth-order valence-electron chi connectivity index (χ4n) is 2.00. The number of rotatable bonds is 2. The Bertz CT molecular complexity index is 592. The predicted molar refractivity (Wildman–Crippen MR) is 69.3 cm³/mol. The summed E-state index contributed by atoms with van der Waals surface area (Å²) in [6, 6.07) is 0. The number of ether oxygens (including phenoxy) is 1. The van der Waals surface area contributed by atoms with Crippen molar-refractivity contribution in [3.05, 3.63) is 42.6 Å². The van der Waals surface area contributed by atoms with E-state index in [2.05, 4.69) is 26.9 Å². The molecule has 2 aliphatic heterocycles. The van der Waals surface area contributed by atoms with Crippen LogP contribution in [-0.4, -0.2) is 40.8 Å². The maximum absolute atomic E-state index is 11.8. The van der Waals surface area contributed by atoms with Gasteiger partial charge in [0, 0.05) is 23.7 Å². The number of amides is 1. The molecule has 1 aromatic rings. The summed E-state index contributed by atoms with van der Waals surface area (Å²) in [4.78, 5) is 24.1. The van der Waals surface area contributed by atoms with Gasteiger partial charge in [-0.25, -0.2) is 9.97 Å². The lowest BCUT2D eigenvalue weighted by atomic mass is 10.1. The topological polar surface area (TPSA) is 76.5 Å². The largest absolute Gasteiger partial charge is 0.356 e. The van der Waals surface area contributed by atoms with Gasteiger partial charge >= 0.3 is 0 Å². The van der Waals surface area contributed by atoms with E-state index in [1.165, 1.54) is 6.33 Å². The maximum atomic E-state index is 11.8. The number of hydrogen-bond donors (Lipinski definition) is 1. The molecule has 0 aromatic carbocycles. The molecule has 0 aliphatic carbocycles. The van der Waals surface area contributed by atoms with Crippen molar-refractivity contribution >= 4 is 17.2 Å². The highest BCUT2D eigenvalue weighted by molar-refractivity contribution is 6.17. The SMILES string of the molecule is C=C1COC(C2=NCC(c3cncnc3)=C2)C(=O)N1. The van der Waals surface area contributed by atoms with Crippen molar-refractivity contribution < 1.29 is 9.53 Å². The van der Waals surface area contributed by atoms with Crippen LogP contribution >= 0.6 is 0 Å². The summed E-state index contributed by atoms with van der Waals surface area (Å²) in [6.07, 6.45) is 6.12. The van der Waals surface area contributed by atoms with Gasteiger partial charge in [0.1, 0.15) is 6.33 Å². The number of carbonyl (C=O) groups is 1. The van der Waals surface area contributed by atoms with Gasteiger partial charge in [-0.3, -0.25) is 9.79 Å². The number of nitrogens with one attached hydrogen (secondary N) is 1. The summed E-state index contributed by atoms with van der Waals surface area (Å²) in [5.41, 5.74) is 3.09. The quantitative estimate of drug-likeness (QED) is 0.828. The van der Waals surface area contributed by atoms with Crippen molar-refractivity contribution in [3.63, 3.8) is 0 Å². The molecule has 1 N–H and O–H groups in total. The van der Waals surface area contributed by atoms with Crippen molar-refractivity contribution in [2.45, 2.75) is 6.10 Å². The number of carbonyl (C=O) groups excluding carboxylic acids is 1. The minimum Gasteiger partial charge on any atom is -0.356 e. The molecule has 6 heteroatoms. The Balaban J connectivity index is 1.79. The Labute approximate surface area is 109 Å². The second kappa shape index (κ2) is 4.74. The second-order valence-corrected chi connectivity index (χ2v) is 4.32. The van der Waals surface area contributed by atoms with E-state index in [1.807, 2.05) is 6.08 Å². The summed E-state index contributed by atoms with van der Waals surface area (Å²) >= 11 is 0. The molecule has 0 bridgehead atoms. The van der Waals surface area contributed by atoms with Crippen LogP contribution < -0.4 is 5.32 Å². The molecule has 1 saturated heterocycles. The van der Waals surface area contributed by atoms with E-state index >= 15 is 0 Å². The Kier molecular flexibility index (Phi) is 2.92. The van der Waals surface area contributed by atoms with Crippen LogP contribution in [0.2, 0.25) is 0 Å². The first kappa shape index (κ1) is 11.7. The number of nitrogens with zero attached hydrogens (tertiary/aromatic N) is 3. The maximum Gasteiger partial charge on any atom is 0.259 e. The second-order valence-electron chi connectivity index (χ2n) is 4.32. The summed E-state index contributed by atoms with van der Waals surface area (Å²) in [7, 11) is 0. The molecule has 1 atom stereocenters. The van der Waals surface area contributed by atoms with Crippen molar-refractivity contribution in [1.29, 1.82) is 0 Å². The molecule has 2 aliphatic rings. The van der Waals surface area contributed by atoms with Crippen LogP contribution in [0.15, 0.2) is 42.1 Å². The summed E-state index contributed by atoms with van der Waals surface area (Å²) < 4.78 is 5.45. The van der Waals surface area contributed by atoms with Crippen molar-refractivity contribution in [3.8, 4) is 0 Å². The summed E-state index contributed by atoms with van der Waals surface area (Å²) in [6.45, 7) is 4.48. The molecule has 6 nitrogen and oxygen atoms in total. The van der Waals surface area contributed by atoms with Crippen molar-refractivity contribution in [2.24, 2.45) is 4.99 Å². The third-order valence-electron chi connectivity index (χ3n) is 2.92. The highest BCUT2D eigenvalue weighted by Crippen LogP contribution is 2.20. The van der Waals surface area contributed by atoms with Crippen LogP contribution in [0.4, 0.5) is 0 Å². The van der Waals surface area contributed by atoms with Crippen molar-refractivity contribution in [1.82, 2.24) is 15.3 Å². The fraction of sp³-hybridized carbons (Fsp3) is 0.231. The average molecular weight is 256 g/mol. The van der Waals surface area contributed by atoms with Crippen LogP contribution in [0.3, 0.4) is 0 Å². The molecule has 3 rings (SSSR count). The monoisotopic (exact) mass is 256 g/mol. The van der Waals surface area contributed by atoms with E-state index in [1.54, 1.807) is 12.4 Å². The standard InChI is InChI=1S/C13H12N4O2/c1-8-6-19-12(13(18)17-8)11-2-9(5-16-11)10-3-14-7-15-4-10/h2-4,7,12H,1,5-6H2,(H,17,18). The van der Waals surface area contributed by atoms with Gasteiger partial charge in [0.25, 0.3) is 5.91 Å². The first-order valence-corrected chi connectivity index (χ1v) is 5.84. The van der Waals surface area contributed by atoms with E-state index in [0.29, 0.717) is 24.6 Å². The zero-order valence-electron chi connectivity index (χ0n) is 10.2. The van der Waals surface area contributed by atoms with Crippen LogP contribution in [0.5, 0.6) is 0 Å². The molecule has 0 radical (unpaired) electrons. The highest BCUT2D eigenvalue weighted by atomic mass is 16.5. The van der Waals surface area contributed by atoms with E-state index in [-0.39, 0.29) is 5.91 Å². The fourth-order valence-corrected chi connectivity index (χ4v) is 2.00. The van der Waals surface area contributed by atoms with Gasteiger partial charge in [-0.2, -0.15) is 0 Å². The molecule has 1 aromatic heterocycles. The van der Waals surface area contributed by atoms with Gasteiger partial charge in [0.15, 0.2) is 6.10 Å². The third kappa shape index (κ3) is 2.30. The summed E-state index contributed by atoms with van der Waals surface area (Å²) in [5.74, 6) is -0.225. The van der Waals surface area contributed by atoms with Crippen LogP contribution in [-0.2, 0) is 9.53 Å². The third-order valence-corrected chi connectivity index (χ3v) is 2.92. The molecule has 0 spiro atoms. The van der Waals surface area contributed by atoms with Crippen molar-refractivity contribution in [2.75, 3.05) is 13.2 Å². The molecule has 1 amide bonds. The lowest BCUT2D eigenvalue weighted by Gasteiger charge is -2.23. The Morgan fingerprint density at radius 2 is 2.16 bits per heavy atom. The van der Waals surface area contributed by atoms with Crippen LogP contribution in [0, 0.1) is 0 Å². The number of morpholine rings is 1. The van der Waals surface area contributed by atoms with E-state index < -0.39 is 6.10 Å². The van der Waals surface area contributed by atoms with E-state index in [4.69, 9.17) is 4.74 Å². The highest BCUT2D eigenvalue weighted by Gasteiger charge is 2.30. The van der Waals surface area contributed by atoms with E-state index in [0.717, 1.165) is 11.1 Å². The minimum absolute atomic E-state index is 0.225. The number of hydrogen-bond acceptors (Lipinski definition) is 5. The smallest absolute Gasteiger partial charge is 0.259 e. The number of aromatic nitrogens is 2. The van der Waals surface area contributed by atoms with Gasteiger partial charge in [0.05, 0.1) is 18.9 Å². The van der Waals surface area contributed by atoms with Crippen LogP contribution in [0.25, 0.3) is 5.57 Å². The number of aliphatic imine (C=N–C) groups is 1. The lowest BCUT2D eigenvalue weighted by molar-refractivity contribution is -0.130.